The number of hydrogen-bond donors (Lipinski definition) is 1. The topological polar surface area (TPSA) is 74.6 Å². The number of benzene rings is 2. The van der Waals surface area contributed by atoms with E-state index in [1.165, 1.54) is 6.08 Å². The van der Waals surface area contributed by atoms with Gasteiger partial charge in [0.15, 0.2) is 11.5 Å². The first-order valence-electron chi connectivity index (χ1n) is 9.43. The van der Waals surface area contributed by atoms with Gasteiger partial charge in [-0.1, -0.05) is 24.3 Å². The van der Waals surface area contributed by atoms with Crippen molar-refractivity contribution in [2.75, 3.05) is 21.3 Å². The smallest absolute Gasteiger partial charge is 0.244 e. The van der Waals surface area contributed by atoms with Crippen LogP contribution in [0.2, 0.25) is 0 Å². The van der Waals surface area contributed by atoms with Gasteiger partial charge in [-0.2, -0.15) is 0 Å². The molecule has 7 heteroatoms. The maximum Gasteiger partial charge on any atom is 0.244 e. The highest BCUT2D eigenvalue weighted by atomic mass is 16.5. The maximum atomic E-state index is 12.3. The minimum Gasteiger partial charge on any atom is -0.493 e. The minimum atomic E-state index is -0.193. The Kier molecular flexibility index (Phi) is 7.10. The van der Waals surface area contributed by atoms with E-state index in [0.717, 1.165) is 16.7 Å². The molecule has 3 rings (SSSR count). The van der Waals surface area contributed by atoms with Crippen molar-refractivity contribution in [1.82, 2.24) is 14.9 Å². The molecule has 0 radical (unpaired) electrons. The van der Waals surface area contributed by atoms with E-state index in [4.69, 9.17) is 14.2 Å². The lowest BCUT2D eigenvalue weighted by Gasteiger charge is -2.13. The Labute approximate surface area is 175 Å². The molecule has 0 saturated heterocycles. The third-order valence-electron chi connectivity index (χ3n) is 4.60. The number of nitrogens with one attached hydrogen (secondary N) is 1. The van der Waals surface area contributed by atoms with Crippen molar-refractivity contribution >= 4 is 12.0 Å². The summed E-state index contributed by atoms with van der Waals surface area (Å²) < 4.78 is 18.0. The van der Waals surface area contributed by atoms with Gasteiger partial charge in [-0.15, -0.1) is 0 Å². The van der Waals surface area contributed by atoms with Gasteiger partial charge in [0.25, 0.3) is 0 Å². The van der Waals surface area contributed by atoms with Crippen LogP contribution in [-0.4, -0.2) is 36.8 Å². The van der Waals surface area contributed by atoms with E-state index in [1.54, 1.807) is 52.1 Å². The Morgan fingerprint density at radius 2 is 1.77 bits per heavy atom. The fourth-order valence-electron chi connectivity index (χ4n) is 3.07. The third kappa shape index (κ3) is 5.20. The number of methoxy groups -OCH3 is 3. The molecule has 0 bridgehead atoms. The molecule has 0 atom stereocenters. The third-order valence-corrected chi connectivity index (χ3v) is 4.60. The minimum absolute atomic E-state index is 0.193. The van der Waals surface area contributed by atoms with Crippen LogP contribution in [-0.2, 0) is 17.9 Å². The Morgan fingerprint density at radius 1 is 1.07 bits per heavy atom. The first-order valence-corrected chi connectivity index (χ1v) is 9.43. The SMILES string of the molecule is COc1cc(/C=C/C(=O)NCc2ccccc2Cn2ccnc2)cc(OC)c1OC. The van der Waals surface area contributed by atoms with Crippen molar-refractivity contribution in [2.24, 2.45) is 0 Å². The van der Waals surface area contributed by atoms with Gasteiger partial charge in [-0.25, -0.2) is 4.98 Å². The summed E-state index contributed by atoms with van der Waals surface area (Å²) in [6, 6.07) is 11.6. The zero-order valence-corrected chi connectivity index (χ0v) is 17.3. The molecule has 1 N–H and O–H groups in total. The molecule has 0 saturated carbocycles. The normalized spacial score (nSPS) is 10.8. The number of amides is 1. The molecule has 0 aliphatic heterocycles. The predicted octanol–water partition coefficient (Wildman–Crippen LogP) is 3.29. The predicted molar refractivity (Wildman–Crippen MR) is 115 cm³/mol. The van der Waals surface area contributed by atoms with Crippen LogP contribution < -0.4 is 19.5 Å². The number of carbonyl (C=O) groups is 1. The zero-order valence-electron chi connectivity index (χ0n) is 17.3. The van der Waals surface area contributed by atoms with E-state index >= 15 is 0 Å². The number of imidazole rings is 1. The van der Waals surface area contributed by atoms with Crippen LogP contribution in [0.15, 0.2) is 61.2 Å². The van der Waals surface area contributed by atoms with Gasteiger partial charge < -0.3 is 24.1 Å². The Bertz CT molecular complexity index is 988. The molecule has 0 unspecified atom stereocenters. The number of rotatable bonds is 9. The van der Waals surface area contributed by atoms with Crippen molar-refractivity contribution in [2.45, 2.75) is 13.1 Å². The quantitative estimate of drug-likeness (QED) is 0.551. The highest BCUT2D eigenvalue weighted by Crippen LogP contribution is 2.38. The van der Waals surface area contributed by atoms with Crippen molar-refractivity contribution in [3.05, 3.63) is 77.9 Å². The summed E-state index contributed by atoms with van der Waals surface area (Å²) >= 11 is 0. The molecule has 3 aromatic rings. The van der Waals surface area contributed by atoms with Gasteiger partial charge >= 0.3 is 0 Å². The number of nitrogens with zero attached hydrogens (tertiary/aromatic N) is 2. The van der Waals surface area contributed by atoms with Crippen LogP contribution in [0.5, 0.6) is 17.2 Å². The van der Waals surface area contributed by atoms with Gasteiger partial charge in [0, 0.05) is 31.6 Å². The van der Waals surface area contributed by atoms with Gasteiger partial charge in [0.2, 0.25) is 11.7 Å². The summed E-state index contributed by atoms with van der Waals surface area (Å²) in [5.41, 5.74) is 2.95. The Balaban J connectivity index is 1.66. The van der Waals surface area contributed by atoms with E-state index in [1.807, 2.05) is 35.0 Å². The molecular formula is C23H25N3O4. The van der Waals surface area contributed by atoms with Crippen LogP contribution in [0.25, 0.3) is 6.08 Å². The van der Waals surface area contributed by atoms with Crippen LogP contribution in [0.3, 0.4) is 0 Å². The van der Waals surface area contributed by atoms with Gasteiger partial charge in [0.05, 0.1) is 27.7 Å². The summed E-state index contributed by atoms with van der Waals surface area (Å²) in [6.07, 6.45) is 8.62. The maximum absolute atomic E-state index is 12.3. The van der Waals surface area contributed by atoms with E-state index in [-0.39, 0.29) is 5.91 Å². The Morgan fingerprint density at radius 3 is 2.37 bits per heavy atom. The standard InChI is InChI=1S/C23H25N3O4/c1-28-20-12-17(13-21(29-2)23(20)30-3)8-9-22(27)25-14-18-6-4-5-7-19(18)15-26-11-10-24-16-26/h4-13,16H,14-15H2,1-3H3,(H,25,27)/b9-8+. The highest BCUT2D eigenvalue weighted by molar-refractivity contribution is 5.91. The largest absolute Gasteiger partial charge is 0.493 e. The van der Waals surface area contributed by atoms with Crippen LogP contribution in [0.1, 0.15) is 16.7 Å². The van der Waals surface area contributed by atoms with Crippen LogP contribution >= 0.6 is 0 Å². The molecule has 7 nitrogen and oxygen atoms in total. The molecular weight excluding hydrogens is 382 g/mol. The van der Waals surface area contributed by atoms with E-state index in [2.05, 4.69) is 10.3 Å². The number of aromatic nitrogens is 2. The summed E-state index contributed by atoms with van der Waals surface area (Å²) in [7, 11) is 4.66. The lowest BCUT2D eigenvalue weighted by atomic mass is 10.1. The molecule has 0 fully saturated rings. The molecule has 1 amide bonds. The lowest BCUT2D eigenvalue weighted by molar-refractivity contribution is -0.116. The highest BCUT2D eigenvalue weighted by Gasteiger charge is 2.12. The fourth-order valence-corrected chi connectivity index (χ4v) is 3.07. The molecule has 2 aromatic carbocycles. The summed E-state index contributed by atoms with van der Waals surface area (Å²) in [5.74, 6) is 1.38. The van der Waals surface area contributed by atoms with Crippen molar-refractivity contribution in [3.8, 4) is 17.2 Å². The molecule has 0 aliphatic carbocycles. The molecule has 1 aromatic heterocycles. The number of ether oxygens (including phenoxy) is 3. The second kappa shape index (κ2) is 10.2. The molecule has 0 aliphatic rings. The summed E-state index contributed by atoms with van der Waals surface area (Å²) in [6.45, 7) is 1.14. The lowest BCUT2D eigenvalue weighted by Crippen LogP contribution is -2.21. The molecule has 1 heterocycles. The molecule has 156 valence electrons. The van der Waals surface area contributed by atoms with Crippen LogP contribution in [0, 0.1) is 0 Å². The van der Waals surface area contributed by atoms with Gasteiger partial charge in [0.1, 0.15) is 0 Å². The van der Waals surface area contributed by atoms with Gasteiger partial charge in [-0.05, 0) is 34.9 Å². The van der Waals surface area contributed by atoms with E-state index in [9.17, 15) is 4.79 Å². The van der Waals surface area contributed by atoms with Crippen molar-refractivity contribution in [3.63, 3.8) is 0 Å². The van der Waals surface area contributed by atoms with Gasteiger partial charge in [-0.3, -0.25) is 4.79 Å². The number of hydrogen-bond acceptors (Lipinski definition) is 5. The van der Waals surface area contributed by atoms with E-state index < -0.39 is 0 Å². The first-order chi connectivity index (χ1) is 14.6. The second-order valence-electron chi connectivity index (χ2n) is 6.51. The first kappa shape index (κ1) is 21.0. The number of carbonyl (C=O) groups excluding carboxylic acids is 1. The summed E-state index contributed by atoms with van der Waals surface area (Å²) in [4.78, 5) is 16.4. The summed E-state index contributed by atoms with van der Waals surface area (Å²) in [5, 5.41) is 2.93. The average Bonchev–Trinajstić information content (AvgIpc) is 3.29. The average molecular weight is 407 g/mol. The van der Waals surface area contributed by atoms with Crippen molar-refractivity contribution < 1.29 is 19.0 Å². The van der Waals surface area contributed by atoms with Crippen LogP contribution in [0.4, 0.5) is 0 Å². The monoisotopic (exact) mass is 407 g/mol. The second-order valence-corrected chi connectivity index (χ2v) is 6.51. The zero-order chi connectivity index (χ0) is 21.3. The van der Waals surface area contributed by atoms with Crippen molar-refractivity contribution in [1.29, 1.82) is 0 Å². The Hall–Kier alpha value is -3.74. The fraction of sp³-hybridized carbons (Fsp3) is 0.217. The molecule has 30 heavy (non-hydrogen) atoms. The molecule has 0 spiro atoms. The van der Waals surface area contributed by atoms with E-state index in [0.29, 0.717) is 30.3 Å².